The number of carbonyl (C=O) groups excluding carboxylic acids is 3. The summed E-state index contributed by atoms with van der Waals surface area (Å²) in [5.41, 5.74) is 1.03. The first-order valence-corrected chi connectivity index (χ1v) is 14.9. The zero-order valence-corrected chi connectivity index (χ0v) is 25.5. The minimum absolute atomic E-state index is 0.0216. The predicted octanol–water partition coefficient (Wildman–Crippen LogP) is 5.63. The number of carbonyl (C=O) groups is 3. The van der Waals surface area contributed by atoms with Gasteiger partial charge in [0, 0.05) is 24.1 Å². The van der Waals surface area contributed by atoms with Crippen LogP contribution in [-0.4, -0.2) is 51.6 Å². The average molecular weight is 576 g/mol. The van der Waals surface area contributed by atoms with Crippen LogP contribution in [0.15, 0.2) is 48.5 Å². The Morgan fingerprint density at radius 2 is 1.71 bits per heavy atom. The molecule has 2 aromatic carbocycles. The van der Waals surface area contributed by atoms with Gasteiger partial charge in [0.2, 0.25) is 11.8 Å². The van der Waals surface area contributed by atoms with E-state index in [1.54, 1.807) is 49.9 Å². The lowest BCUT2D eigenvalue weighted by atomic mass is 9.92. The molecule has 1 aliphatic rings. The monoisotopic (exact) mass is 575 g/mol. The number of amides is 3. The second-order valence-corrected chi connectivity index (χ2v) is 12.0. The van der Waals surface area contributed by atoms with Gasteiger partial charge in [-0.3, -0.25) is 9.59 Å². The van der Waals surface area contributed by atoms with Crippen molar-refractivity contribution in [2.24, 2.45) is 0 Å². The molecule has 3 rings (SSSR count). The van der Waals surface area contributed by atoms with Crippen molar-refractivity contribution in [2.45, 2.75) is 109 Å². The highest BCUT2D eigenvalue weighted by Gasteiger charge is 2.40. The van der Waals surface area contributed by atoms with Crippen molar-refractivity contribution in [1.29, 1.82) is 0 Å². The maximum absolute atomic E-state index is 14.6. The molecule has 8 heteroatoms. The van der Waals surface area contributed by atoms with Gasteiger partial charge in [0.15, 0.2) is 0 Å². The molecule has 1 fully saturated rings. The first-order valence-electron chi connectivity index (χ1n) is 14.9. The summed E-state index contributed by atoms with van der Waals surface area (Å²) in [6.45, 7) is 9.08. The Balaban J connectivity index is 2.08. The van der Waals surface area contributed by atoms with Crippen LogP contribution < -0.4 is 10.6 Å². The highest BCUT2D eigenvalue weighted by molar-refractivity contribution is 5.93. The summed E-state index contributed by atoms with van der Waals surface area (Å²) < 4.78 is 5.50. The van der Waals surface area contributed by atoms with Crippen LogP contribution in [0.3, 0.4) is 0 Å². The number of nitrogens with one attached hydrogen (secondary N) is 2. The van der Waals surface area contributed by atoms with Gasteiger partial charge < -0.3 is 25.4 Å². The Hall–Kier alpha value is -3.99. The maximum atomic E-state index is 14.6. The smallest absolute Gasteiger partial charge is 0.408 e. The second kappa shape index (κ2) is 14.8. The standard InChI is InChI=1S/C34H45N3O5/c1-7-23(3)37(30(28-17-13-12-14-25(28)8-2)31(39)35-26-15-10-9-11-16-26)32(40)29(36-33(41)42-34(4,5)6)22-24-18-20-27(38)21-19-24/h2,12-14,17-21,23,26,29-30,38H,7,9-11,15-16,22H2,1,3-6H3,(H,35,39)(H,36,41). The third kappa shape index (κ3) is 9.01. The molecule has 1 saturated carbocycles. The van der Waals surface area contributed by atoms with E-state index < -0.39 is 29.7 Å². The molecule has 8 nitrogen and oxygen atoms in total. The Morgan fingerprint density at radius 3 is 2.31 bits per heavy atom. The number of ether oxygens (including phenoxy) is 1. The lowest BCUT2D eigenvalue weighted by Crippen LogP contribution is -2.56. The Kier molecular flexibility index (Phi) is 11.4. The van der Waals surface area contributed by atoms with Gasteiger partial charge in [-0.25, -0.2) is 4.79 Å². The molecular weight excluding hydrogens is 530 g/mol. The number of nitrogens with zero attached hydrogens (tertiary/aromatic N) is 1. The first kappa shape index (κ1) is 32.5. The van der Waals surface area contributed by atoms with Crippen molar-refractivity contribution < 1.29 is 24.2 Å². The molecule has 42 heavy (non-hydrogen) atoms. The summed E-state index contributed by atoms with van der Waals surface area (Å²) in [4.78, 5) is 43.3. The Bertz CT molecular complexity index is 1260. The zero-order valence-electron chi connectivity index (χ0n) is 25.5. The van der Waals surface area contributed by atoms with Crippen LogP contribution in [0.25, 0.3) is 0 Å². The topological polar surface area (TPSA) is 108 Å². The predicted molar refractivity (Wildman–Crippen MR) is 164 cm³/mol. The van der Waals surface area contributed by atoms with Gasteiger partial charge in [-0.1, -0.05) is 62.4 Å². The van der Waals surface area contributed by atoms with Crippen molar-refractivity contribution in [1.82, 2.24) is 15.5 Å². The van der Waals surface area contributed by atoms with Crippen LogP contribution in [0.4, 0.5) is 4.79 Å². The minimum Gasteiger partial charge on any atom is -0.508 e. The van der Waals surface area contributed by atoms with Gasteiger partial charge in [0.05, 0.1) is 0 Å². The third-order valence-electron chi connectivity index (χ3n) is 7.57. The van der Waals surface area contributed by atoms with Crippen molar-refractivity contribution in [3.05, 3.63) is 65.2 Å². The fraction of sp³-hybridized carbons (Fsp3) is 0.500. The largest absolute Gasteiger partial charge is 0.508 e. The highest BCUT2D eigenvalue weighted by Crippen LogP contribution is 2.30. The van der Waals surface area contributed by atoms with Crippen LogP contribution in [0.1, 0.15) is 95.9 Å². The van der Waals surface area contributed by atoms with Crippen molar-refractivity contribution >= 4 is 17.9 Å². The lowest BCUT2D eigenvalue weighted by molar-refractivity contribution is -0.145. The molecule has 3 N–H and O–H groups in total. The number of rotatable bonds is 10. The lowest BCUT2D eigenvalue weighted by Gasteiger charge is -2.39. The van der Waals surface area contributed by atoms with E-state index in [4.69, 9.17) is 11.2 Å². The number of hydrogen-bond donors (Lipinski definition) is 3. The van der Waals surface area contributed by atoms with E-state index in [0.717, 1.165) is 37.7 Å². The quantitative estimate of drug-likeness (QED) is 0.319. The molecule has 0 radical (unpaired) electrons. The number of phenolic OH excluding ortho intramolecular Hbond substituents is 1. The molecule has 0 saturated heterocycles. The molecular formula is C34H45N3O5. The number of benzene rings is 2. The van der Waals surface area contributed by atoms with Gasteiger partial charge in [-0.05, 0) is 76.3 Å². The Morgan fingerprint density at radius 1 is 1.07 bits per heavy atom. The van der Waals surface area contributed by atoms with Gasteiger partial charge >= 0.3 is 6.09 Å². The van der Waals surface area contributed by atoms with E-state index in [2.05, 4.69) is 16.6 Å². The van der Waals surface area contributed by atoms with Crippen LogP contribution in [0.5, 0.6) is 5.75 Å². The van der Waals surface area contributed by atoms with Gasteiger partial charge in [-0.2, -0.15) is 0 Å². The van der Waals surface area contributed by atoms with E-state index in [1.165, 1.54) is 12.1 Å². The minimum atomic E-state index is -1.05. The number of phenols is 1. The molecule has 3 amide bonds. The van der Waals surface area contributed by atoms with E-state index >= 15 is 0 Å². The summed E-state index contributed by atoms with van der Waals surface area (Å²) in [6.07, 6.45) is 10.8. The van der Waals surface area contributed by atoms with Crippen LogP contribution >= 0.6 is 0 Å². The van der Waals surface area contributed by atoms with E-state index in [9.17, 15) is 19.5 Å². The van der Waals surface area contributed by atoms with E-state index in [0.29, 0.717) is 17.5 Å². The normalized spacial score (nSPS) is 15.9. The molecule has 0 aromatic heterocycles. The molecule has 0 aliphatic heterocycles. The molecule has 2 aromatic rings. The Labute approximate surface area is 250 Å². The number of aromatic hydroxyl groups is 1. The molecule has 1 aliphatic carbocycles. The molecule has 0 heterocycles. The van der Waals surface area contributed by atoms with Gasteiger partial charge in [0.1, 0.15) is 23.4 Å². The summed E-state index contributed by atoms with van der Waals surface area (Å²) in [5, 5.41) is 15.8. The second-order valence-electron chi connectivity index (χ2n) is 12.0. The van der Waals surface area contributed by atoms with Gasteiger partial charge in [-0.15, -0.1) is 6.42 Å². The SMILES string of the molecule is C#Cc1ccccc1C(C(=O)NC1CCCCC1)N(C(=O)C(Cc1ccc(O)cc1)NC(=O)OC(C)(C)C)C(C)CC. The summed E-state index contributed by atoms with van der Waals surface area (Å²) in [5.74, 6) is 2.05. The fourth-order valence-corrected chi connectivity index (χ4v) is 5.30. The molecule has 0 bridgehead atoms. The molecule has 226 valence electrons. The molecule has 3 unspecified atom stereocenters. The average Bonchev–Trinajstić information content (AvgIpc) is 2.95. The van der Waals surface area contributed by atoms with Crippen LogP contribution in [-0.2, 0) is 20.7 Å². The molecule has 3 atom stereocenters. The van der Waals surface area contributed by atoms with Crippen LogP contribution in [0.2, 0.25) is 0 Å². The third-order valence-corrected chi connectivity index (χ3v) is 7.57. The van der Waals surface area contributed by atoms with Crippen molar-refractivity contribution in [3.8, 4) is 18.1 Å². The maximum Gasteiger partial charge on any atom is 0.408 e. The fourth-order valence-electron chi connectivity index (χ4n) is 5.30. The van der Waals surface area contributed by atoms with E-state index in [-0.39, 0.29) is 30.2 Å². The first-order chi connectivity index (χ1) is 19.9. The van der Waals surface area contributed by atoms with E-state index in [1.807, 2.05) is 26.0 Å². The number of alkyl carbamates (subject to hydrolysis) is 1. The van der Waals surface area contributed by atoms with Gasteiger partial charge in [0.25, 0.3) is 0 Å². The number of hydrogen-bond acceptors (Lipinski definition) is 5. The molecule has 0 spiro atoms. The summed E-state index contributed by atoms with van der Waals surface area (Å²) >= 11 is 0. The zero-order chi connectivity index (χ0) is 30.9. The summed E-state index contributed by atoms with van der Waals surface area (Å²) in [7, 11) is 0. The van der Waals surface area contributed by atoms with Crippen molar-refractivity contribution in [2.75, 3.05) is 0 Å². The van der Waals surface area contributed by atoms with Crippen molar-refractivity contribution in [3.63, 3.8) is 0 Å². The summed E-state index contributed by atoms with van der Waals surface area (Å²) in [6, 6.07) is 11.2. The van der Waals surface area contributed by atoms with Crippen LogP contribution in [0, 0.1) is 12.3 Å². The highest BCUT2D eigenvalue weighted by atomic mass is 16.6. The number of terminal acetylenes is 1.